The third-order valence-corrected chi connectivity index (χ3v) is 6.76. The Morgan fingerprint density at radius 2 is 1.70 bits per heavy atom. The quantitative estimate of drug-likeness (QED) is 0.120. The molecule has 4 N–H and O–H groups in total. The number of nitrogens with one attached hydrogen (secondary N) is 1. The molecule has 14 heteroatoms. The molecule has 0 spiro atoms. The first kappa shape index (κ1) is 27.9. The van der Waals surface area contributed by atoms with Gasteiger partial charge in [0.2, 0.25) is 5.95 Å². The minimum Gasteiger partial charge on any atom is -0.507 e. The second kappa shape index (κ2) is 11.3. The summed E-state index contributed by atoms with van der Waals surface area (Å²) in [6, 6.07) is 17.4. The van der Waals surface area contributed by atoms with Crippen molar-refractivity contribution in [2.75, 3.05) is 9.62 Å². The number of rotatable bonds is 10. The van der Waals surface area contributed by atoms with E-state index in [9.17, 15) is 38.1 Å². The molecule has 0 amide bonds. The van der Waals surface area contributed by atoms with Crippen molar-refractivity contribution in [3.05, 3.63) is 111 Å². The molecule has 4 rings (SSSR count). The SMILES string of the molecule is CC(Nc1nccc(N(c2ccc([N+](=O)[O-])cc2)S(=O)(=O)O)n1)c1ccc(Cc2ccc(O)c(C(=O)O)c2)cc1. The average Bonchev–Trinajstić information content (AvgIpc) is 2.90. The monoisotopic (exact) mass is 565 g/mol. The fourth-order valence-corrected chi connectivity index (χ4v) is 4.65. The van der Waals surface area contributed by atoms with Gasteiger partial charge < -0.3 is 15.5 Å². The van der Waals surface area contributed by atoms with Gasteiger partial charge in [0.25, 0.3) is 5.69 Å². The maximum absolute atomic E-state index is 12.2. The summed E-state index contributed by atoms with van der Waals surface area (Å²) in [4.78, 5) is 29.9. The first-order chi connectivity index (χ1) is 18.9. The molecule has 0 saturated carbocycles. The second-order valence-electron chi connectivity index (χ2n) is 8.70. The normalized spacial score (nSPS) is 11.9. The van der Waals surface area contributed by atoms with Crippen LogP contribution >= 0.6 is 0 Å². The summed E-state index contributed by atoms with van der Waals surface area (Å²) in [5.41, 5.74) is 1.98. The van der Waals surface area contributed by atoms with Crippen LogP contribution in [0.15, 0.2) is 79.0 Å². The number of carboxylic acid groups (broad SMARTS) is 1. The average molecular weight is 566 g/mol. The molecule has 0 fully saturated rings. The van der Waals surface area contributed by atoms with Gasteiger partial charge in [0.05, 0.1) is 16.7 Å². The lowest BCUT2D eigenvalue weighted by Gasteiger charge is -2.21. The predicted molar refractivity (Wildman–Crippen MR) is 145 cm³/mol. The molecule has 4 aromatic rings. The lowest BCUT2D eigenvalue weighted by atomic mass is 10.00. The number of nitrogens with zero attached hydrogens (tertiary/aromatic N) is 4. The molecule has 1 aromatic heterocycles. The molecular formula is C26H23N5O8S. The van der Waals surface area contributed by atoms with Gasteiger partial charge in [-0.15, -0.1) is 0 Å². The number of hydrogen-bond donors (Lipinski definition) is 4. The van der Waals surface area contributed by atoms with Gasteiger partial charge in [-0.1, -0.05) is 30.3 Å². The van der Waals surface area contributed by atoms with Crippen molar-refractivity contribution in [2.45, 2.75) is 19.4 Å². The van der Waals surface area contributed by atoms with Crippen molar-refractivity contribution in [1.29, 1.82) is 0 Å². The number of anilines is 3. The number of carboxylic acids is 1. The van der Waals surface area contributed by atoms with Gasteiger partial charge in [-0.3, -0.25) is 14.7 Å². The summed E-state index contributed by atoms with van der Waals surface area (Å²) >= 11 is 0. The number of benzene rings is 3. The molecule has 0 saturated heterocycles. The van der Waals surface area contributed by atoms with E-state index >= 15 is 0 Å². The number of carbonyl (C=O) groups is 1. The molecule has 3 aromatic carbocycles. The highest BCUT2D eigenvalue weighted by atomic mass is 32.2. The number of phenols is 1. The molecule has 0 bridgehead atoms. The summed E-state index contributed by atoms with van der Waals surface area (Å²) in [5, 5.41) is 32.9. The summed E-state index contributed by atoms with van der Waals surface area (Å²) in [6.45, 7) is 1.83. The van der Waals surface area contributed by atoms with Crippen LogP contribution in [0.3, 0.4) is 0 Å². The Bertz CT molecular complexity index is 1660. The Kier molecular flexibility index (Phi) is 7.93. The third-order valence-electron chi connectivity index (χ3n) is 5.90. The highest BCUT2D eigenvalue weighted by Crippen LogP contribution is 2.29. The standard InChI is InChI=1S/C26H23N5O8S/c1-16(19-5-2-17(3-6-19)14-18-4-11-23(32)22(15-18)25(33)34)28-26-27-13-12-24(29-26)30(40(37,38)39)20-7-9-21(10-8-20)31(35)36/h2-13,15-16,32H,14H2,1H3,(H,33,34)(H,27,28,29)(H,37,38,39). The maximum atomic E-state index is 12.2. The van der Waals surface area contributed by atoms with Gasteiger partial charge in [-0.05, 0) is 54.3 Å². The fourth-order valence-electron chi connectivity index (χ4n) is 3.93. The molecule has 206 valence electrons. The minimum absolute atomic E-state index is 0.0644. The Balaban J connectivity index is 1.50. The highest BCUT2D eigenvalue weighted by molar-refractivity contribution is 7.87. The van der Waals surface area contributed by atoms with E-state index in [-0.39, 0.29) is 40.5 Å². The van der Waals surface area contributed by atoms with Crippen LogP contribution < -0.4 is 9.62 Å². The van der Waals surface area contributed by atoms with Gasteiger partial charge in [0.1, 0.15) is 11.3 Å². The van der Waals surface area contributed by atoms with Gasteiger partial charge in [0.15, 0.2) is 5.82 Å². The number of aromatic nitrogens is 2. The topological polar surface area (TPSA) is 196 Å². The summed E-state index contributed by atoms with van der Waals surface area (Å²) in [5.74, 6) is -1.64. The molecule has 0 aliphatic carbocycles. The van der Waals surface area contributed by atoms with E-state index in [0.717, 1.165) is 28.8 Å². The van der Waals surface area contributed by atoms with Crippen LogP contribution in [0.1, 0.15) is 40.0 Å². The van der Waals surface area contributed by atoms with E-state index in [1.165, 1.54) is 36.5 Å². The van der Waals surface area contributed by atoms with E-state index in [0.29, 0.717) is 10.7 Å². The first-order valence-corrected chi connectivity index (χ1v) is 13.1. The van der Waals surface area contributed by atoms with Crippen molar-refractivity contribution < 1.29 is 32.9 Å². The Morgan fingerprint density at radius 1 is 1.05 bits per heavy atom. The lowest BCUT2D eigenvalue weighted by Crippen LogP contribution is -2.26. The van der Waals surface area contributed by atoms with Crippen LogP contribution in [0.4, 0.5) is 23.1 Å². The first-order valence-electron chi connectivity index (χ1n) is 11.7. The second-order valence-corrected chi connectivity index (χ2v) is 9.96. The van der Waals surface area contributed by atoms with Gasteiger partial charge in [0, 0.05) is 24.4 Å². The summed E-state index contributed by atoms with van der Waals surface area (Å²) < 4.78 is 34.7. The summed E-state index contributed by atoms with van der Waals surface area (Å²) in [6.07, 6.45) is 1.75. The van der Waals surface area contributed by atoms with Crippen molar-refractivity contribution >= 4 is 39.4 Å². The predicted octanol–water partition coefficient (Wildman–Crippen LogP) is 4.49. The highest BCUT2D eigenvalue weighted by Gasteiger charge is 2.25. The largest absolute Gasteiger partial charge is 0.507 e. The van der Waals surface area contributed by atoms with Crippen LogP contribution in [-0.4, -0.2) is 44.0 Å². The molecule has 0 radical (unpaired) electrons. The van der Waals surface area contributed by atoms with Crippen LogP contribution in [0.25, 0.3) is 0 Å². The zero-order valence-electron chi connectivity index (χ0n) is 20.9. The Labute approximate surface area is 228 Å². The van der Waals surface area contributed by atoms with E-state index in [1.807, 2.05) is 31.2 Å². The molecule has 1 unspecified atom stereocenters. The smallest absolute Gasteiger partial charge is 0.365 e. The van der Waals surface area contributed by atoms with Crippen LogP contribution in [0.5, 0.6) is 5.75 Å². The van der Waals surface area contributed by atoms with Crippen molar-refractivity contribution in [3.8, 4) is 5.75 Å². The van der Waals surface area contributed by atoms with E-state index in [1.54, 1.807) is 6.07 Å². The fraction of sp³-hybridized carbons (Fsp3) is 0.115. The maximum Gasteiger partial charge on any atom is 0.365 e. The number of aromatic hydroxyl groups is 1. The number of nitro groups is 1. The molecule has 1 heterocycles. The van der Waals surface area contributed by atoms with Crippen molar-refractivity contribution in [1.82, 2.24) is 9.97 Å². The molecule has 1 atom stereocenters. The van der Waals surface area contributed by atoms with E-state index < -0.39 is 21.2 Å². The van der Waals surface area contributed by atoms with E-state index in [4.69, 9.17) is 0 Å². The number of hydrogen-bond acceptors (Lipinski definition) is 9. The van der Waals surface area contributed by atoms with Gasteiger partial charge >= 0.3 is 16.3 Å². The van der Waals surface area contributed by atoms with Crippen LogP contribution in [-0.2, 0) is 16.7 Å². The zero-order valence-corrected chi connectivity index (χ0v) is 21.7. The molecule has 0 aliphatic rings. The molecular weight excluding hydrogens is 542 g/mol. The number of non-ortho nitro benzene ring substituents is 1. The van der Waals surface area contributed by atoms with Crippen molar-refractivity contribution in [2.24, 2.45) is 0 Å². The molecule has 40 heavy (non-hydrogen) atoms. The Morgan fingerprint density at radius 3 is 2.30 bits per heavy atom. The lowest BCUT2D eigenvalue weighted by molar-refractivity contribution is -0.384. The van der Waals surface area contributed by atoms with Crippen LogP contribution in [0.2, 0.25) is 0 Å². The van der Waals surface area contributed by atoms with Crippen LogP contribution in [0, 0.1) is 10.1 Å². The van der Waals surface area contributed by atoms with Gasteiger partial charge in [-0.25, -0.2) is 9.78 Å². The van der Waals surface area contributed by atoms with Crippen molar-refractivity contribution in [3.63, 3.8) is 0 Å². The number of nitro benzene ring substituents is 1. The third kappa shape index (κ3) is 6.48. The van der Waals surface area contributed by atoms with E-state index in [2.05, 4.69) is 15.3 Å². The molecule has 0 aliphatic heterocycles. The Hall–Kier alpha value is -5.08. The number of aromatic carboxylic acids is 1. The zero-order chi connectivity index (χ0) is 29.0. The minimum atomic E-state index is -4.84. The molecule has 13 nitrogen and oxygen atoms in total. The van der Waals surface area contributed by atoms with Gasteiger partial charge in [-0.2, -0.15) is 17.7 Å². The summed E-state index contributed by atoms with van der Waals surface area (Å²) in [7, 11) is -4.84.